The molecule has 3 aliphatic rings. The number of nitrogens with one attached hydrogen (secondary N) is 1. The van der Waals surface area contributed by atoms with Gasteiger partial charge in [-0.1, -0.05) is 12.1 Å². The average Bonchev–Trinajstić information content (AvgIpc) is 3.03. The van der Waals surface area contributed by atoms with Crippen LogP contribution in [0.25, 0.3) is 0 Å². The van der Waals surface area contributed by atoms with Crippen LogP contribution in [0.3, 0.4) is 0 Å². The number of methoxy groups -OCH3 is 1. The third-order valence-corrected chi connectivity index (χ3v) is 5.79. The second-order valence-electron chi connectivity index (χ2n) is 7.51. The number of likely N-dealkylation sites (tertiary alicyclic amines) is 1. The number of carbonyl (C=O) groups excluding carboxylic acids is 3. The third-order valence-electron chi connectivity index (χ3n) is 5.79. The molecule has 8 nitrogen and oxygen atoms in total. The summed E-state index contributed by atoms with van der Waals surface area (Å²) in [7, 11) is 1.40. The van der Waals surface area contributed by atoms with E-state index in [4.69, 9.17) is 9.47 Å². The first-order valence-electron chi connectivity index (χ1n) is 9.09. The molecule has 27 heavy (non-hydrogen) atoms. The van der Waals surface area contributed by atoms with E-state index in [1.54, 1.807) is 9.80 Å². The molecule has 1 saturated carbocycles. The highest BCUT2D eigenvalue weighted by molar-refractivity contribution is 5.89. The quantitative estimate of drug-likeness (QED) is 0.864. The fourth-order valence-electron chi connectivity index (χ4n) is 4.27. The highest BCUT2D eigenvalue weighted by Crippen LogP contribution is 2.59. The largest absolute Gasteiger partial charge is 0.453 e. The summed E-state index contributed by atoms with van der Waals surface area (Å²) in [6.07, 6.45) is 0.0437. The van der Waals surface area contributed by atoms with Crippen molar-refractivity contribution in [3.8, 4) is 0 Å². The standard InChI is InChI=1S/C19H23N3O5/c1-12(23)20-8-16-10-22(18(25)27-16)15-5-3-13(4-6-15)19-7-14(19)9-21(11-19)17(24)26-2/h3-6,14,16H,7-11H2,1-2H3,(H,20,23)/t14-,16?,19+/m1/s1. The highest BCUT2D eigenvalue weighted by Gasteiger charge is 2.61. The predicted molar refractivity (Wildman–Crippen MR) is 96.5 cm³/mol. The maximum absolute atomic E-state index is 12.1. The zero-order chi connectivity index (χ0) is 19.2. The lowest BCUT2D eigenvalue weighted by Crippen LogP contribution is -2.33. The van der Waals surface area contributed by atoms with Crippen LogP contribution >= 0.6 is 0 Å². The van der Waals surface area contributed by atoms with Crippen LogP contribution in [0.2, 0.25) is 0 Å². The number of benzene rings is 1. The first-order chi connectivity index (χ1) is 12.9. The van der Waals surface area contributed by atoms with E-state index in [9.17, 15) is 14.4 Å². The van der Waals surface area contributed by atoms with Crippen molar-refractivity contribution in [2.75, 3.05) is 38.2 Å². The molecule has 0 aromatic heterocycles. The number of piperidine rings is 1. The van der Waals surface area contributed by atoms with E-state index in [1.165, 1.54) is 19.6 Å². The van der Waals surface area contributed by atoms with Crippen molar-refractivity contribution in [1.29, 1.82) is 0 Å². The number of ether oxygens (including phenoxy) is 2. The molecule has 1 N–H and O–H groups in total. The molecular weight excluding hydrogens is 350 g/mol. The molecule has 0 radical (unpaired) electrons. The zero-order valence-corrected chi connectivity index (χ0v) is 15.4. The van der Waals surface area contributed by atoms with Gasteiger partial charge in [0.2, 0.25) is 5.91 Å². The van der Waals surface area contributed by atoms with Gasteiger partial charge in [0.15, 0.2) is 0 Å². The minimum Gasteiger partial charge on any atom is -0.453 e. The molecule has 2 aliphatic heterocycles. The van der Waals surface area contributed by atoms with Crippen LogP contribution in [0.1, 0.15) is 18.9 Å². The number of hydrogen-bond acceptors (Lipinski definition) is 5. The SMILES string of the molecule is COC(=O)N1C[C@H]2C[C@@]2(c2ccc(N3CC(CNC(C)=O)OC3=O)cc2)C1. The summed E-state index contributed by atoms with van der Waals surface area (Å²) in [5.41, 5.74) is 1.97. The summed E-state index contributed by atoms with van der Waals surface area (Å²) in [6, 6.07) is 7.90. The van der Waals surface area contributed by atoms with Gasteiger partial charge in [0.05, 0.1) is 20.2 Å². The Morgan fingerprint density at radius 3 is 2.70 bits per heavy atom. The summed E-state index contributed by atoms with van der Waals surface area (Å²) in [5.74, 6) is 0.325. The Bertz CT molecular complexity index is 780. The van der Waals surface area contributed by atoms with Crippen LogP contribution in [-0.4, -0.2) is 62.4 Å². The van der Waals surface area contributed by atoms with Crippen molar-refractivity contribution in [3.05, 3.63) is 29.8 Å². The van der Waals surface area contributed by atoms with Crippen LogP contribution in [0, 0.1) is 5.92 Å². The molecule has 1 aromatic carbocycles. The Morgan fingerprint density at radius 1 is 1.30 bits per heavy atom. The summed E-state index contributed by atoms with van der Waals surface area (Å²) >= 11 is 0. The van der Waals surface area contributed by atoms with E-state index in [-0.39, 0.29) is 23.5 Å². The van der Waals surface area contributed by atoms with E-state index in [0.717, 1.165) is 18.7 Å². The van der Waals surface area contributed by atoms with Gasteiger partial charge in [0, 0.05) is 31.1 Å². The zero-order valence-electron chi connectivity index (χ0n) is 15.4. The van der Waals surface area contributed by atoms with Gasteiger partial charge in [0.1, 0.15) is 6.10 Å². The molecule has 0 bridgehead atoms. The van der Waals surface area contributed by atoms with Crippen LogP contribution in [0.4, 0.5) is 15.3 Å². The van der Waals surface area contributed by atoms with Crippen molar-refractivity contribution < 1.29 is 23.9 Å². The number of hydrogen-bond donors (Lipinski definition) is 1. The Kier molecular flexibility index (Phi) is 4.20. The molecule has 1 aromatic rings. The van der Waals surface area contributed by atoms with Gasteiger partial charge in [-0.05, 0) is 30.0 Å². The molecule has 3 fully saturated rings. The summed E-state index contributed by atoms with van der Waals surface area (Å²) in [6.45, 7) is 3.56. The summed E-state index contributed by atoms with van der Waals surface area (Å²) in [4.78, 5) is 38.2. The number of carbonyl (C=O) groups is 3. The Balaban J connectivity index is 1.42. The number of rotatable bonds is 4. The van der Waals surface area contributed by atoms with Crippen LogP contribution < -0.4 is 10.2 Å². The molecular formula is C19H23N3O5. The normalized spacial score (nSPS) is 28.6. The minimum absolute atomic E-state index is 0.0200. The molecule has 3 atom stereocenters. The van der Waals surface area contributed by atoms with Crippen molar-refractivity contribution in [3.63, 3.8) is 0 Å². The fraction of sp³-hybridized carbons (Fsp3) is 0.526. The minimum atomic E-state index is -0.404. The molecule has 2 saturated heterocycles. The van der Waals surface area contributed by atoms with Crippen LogP contribution in [0.5, 0.6) is 0 Å². The Hall–Kier alpha value is -2.77. The number of anilines is 1. The van der Waals surface area contributed by atoms with E-state index >= 15 is 0 Å². The van der Waals surface area contributed by atoms with E-state index in [0.29, 0.717) is 25.6 Å². The number of fused-ring (bicyclic) bond motifs is 1. The molecule has 3 amide bonds. The first kappa shape index (κ1) is 17.6. The Labute approximate surface area is 157 Å². The summed E-state index contributed by atoms with van der Waals surface area (Å²) < 4.78 is 10.1. The second-order valence-corrected chi connectivity index (χ2v) is 7.51. The molecule has 1 unspecified atom stereocenters. The number of nitrogens with zero attached hydrogens (tertiary/aromatic N) is 2. The highest BCUT2D eigenvalue weighted by atomic mass is 16.6. The fourth-order valence-corrected chi connectivity index (χ4v) is 4.27. The molecule has 8 heteroatoms. The maximum atomic E-state index is 12.1. The smallest absolute Gasteiger partial charge is 0.414 e. The summed E-state index contributed by atoms with van der Waals surface area (Å²) in [5, 5.41) is 2.67. The first-order valence-corrected chi connectivity index (χ1v) is 9.09. The van der Waals surface area contributed by atoms with E-state index < -0.39 is 6.09 Å². The van der Waals surface area contributed by atoms with Crippen LogP contribution in [-0.2, 0) is 19.7 Å². The van der Waals surface area contributed by atoms with Gasteiger partial charge < -0.3 is 19.7 Å². The second kappa shape index (κ2) is 6.44. The molecule has 4 rings (SSSR count). The average molecular weight is 373 g/mol. The van der Waals surface area contributed by atoms with Crippen molar-refractivity contribution in [2.24, 2.45) is 5.92 Å². The lowest BCUT2D eigenvalue weighted by molar-refractivity contribution is -0.119. The molecule has 144 valence electrons. The van der Waals surface area contributed by atoms with Crippen LogP contribution in [0.15, 0.2) is 24.3 Å². The van der Waals surface area contributed by atoms with E-state index in [1.807, 2.05) is 24.3 Å². The number of cyclic esters (lactones) is 1. The molecule has 2 heterocycles. The molecule has 1 aliphatic carbocycles. The van der Waals surface area contributed by atoms with Crippen molar-refractivity contribution in [2.45, 2.75) is 24.9 Å². The van der Waals surface area contributed by atoms with Gasteiger partial charge in [-0.2, -0.15) is 0 Å². The third kappa shape index (κ3) is 3.09. The maximum Gasteiger partial charge on any atom is 0.414 e. The predicted octanol–water partition coefficient (Wildman–Crippen LogP) is 1.49. The van der Waals surface area contributed by atoms with Crippen molar-refractivity contribution in [1.82, 2.24) is 10.2 Å². The number of amides is 3. The van der Waals surface area contributed by atoms with Gasteiger partial charge >= 0.3 is 12.2 Å². The lowest BCUT2D eigenvalue weighted by Gasteiger charge is -2.20. The van der Waals surface area contributed by atoms with Gasteiger partial charge in [-0.3, -0.25) is 9.69 Å². The molecule has 0 spiro atoms. The van der Waals surface area contributed by atoms with Gasteiger partial charge in [-0.25, -0.2) is 9.59 Å². The van der Waals surface area contributed by atoms with Crippen molar-refractivity contribution >= 4 is 23.8 Å². The van der Waals surface area contributed by atoms with Gasteiger partial charge in [-0.15, -0.1) is 0 Å². The van der Waals surface area contributed by atoms with E-state index in [2.05, 4.69) is 5.32 Å². The van der Waals surface area contributed by atoms with Gasteiger partial charge in [0.25, 0.3) is 0 Å². The topological polar surface area (TPSA) is 88.2 Å². The monoisotopic (exact) mass is 373 g/mol. The lowest BCUT2D eigenvalue weighted by atomic mass is 9.95. The Morgan fingerprint density at radius 2 is 2.04 bits per heavy atom.